The van der Waals surface area contributed by atoms with E-state index in [1.54, 1.807) is 0 Å². The molecule has 0 fully saturated rings. The minimum Gasteiger partial charge on any atom is -0.491 e. The molecule has 0 saturated carbocycles. The van der Waals surface area contributed by atoms with Crippen LogP contribution in [0.5, 0.6) is 11.5 Å². The summed E-state index contributed by atoms with van der Waals surface area (Å²) in [4.78, 5) is 0. The first-order valence-electron chi connectivity index (χ1n) is 8.92. The van der Waals surface area contributed by atoms with Gasteiger partial charge in [-0.25, -0.2) is 0 Å². The molecule has 0 heterocycles. The lowest BCUT2D eigenvalue weighted by Crippen LogP contribution is -2.12. The Bertz CT molecular complexity index is 831. The maximum absolute atomic E-state index is 5.97. The number of hydrogen-bond donors (Lipinski definition) is 1. The maximum Gasteiger partial charge on any atom is 0.142 e. The van der Waals surface area contributed by atoms with Crippen molar-refractivity contribution in [3.63, 3.8) is 0 Å². The van der Waals surface area contributed by atoms with E-state index in [2.05, 4.69) is 49.5 Å². The fraction of sp³-hybridized carbons (Fsp3) is 0.217. The van der Waals surface area contributed by atoms with Crippen molar-refractivity contribution in [3.8, 4) is 11.5 Å². The van der Waals surface area contributed by atoms with E-state index in [4.69, 9.17) is 9.47 Å². The van der Waals surface area contributed by atoms with Crippen LogP contribution in [0.4, 0.5) is 5.69 Å². The largest absolute Gasteiger partial charge is 0.491 e. The van der Waals surface area contributed by atoms with Crippen molar-refractivity contribution in [1.29, 1.82) is 0 Å². The molecule has 0 saturated heterocycles. The molecular formula is C23H25NO2. The van der Waals surface area contributed by atoms with Gasteiger partial charge in [0.2, 0.25) is 0 Å². The number of hydrogen-bond acceptors (Lipinski definition) is 3. The molecule has 0 aliphatic rings. The summed E-state index contributed by atoms with van der Waals surface area (Å²) in [6.45, 7) is 5.99. The van der Waals surface area contributed by atoms with Crippen LogP contribution in [0.2, 0.25) is 0 Å². The van der Waals surface area contributed by atoms with E-state index < -0.39 is 0 Å². The Kier molecular flexibility index (Phi) is 6.15. The molecule has 0 amide bonds. The van der Waals surface area contributed by atoms with Crippen LogP contribution in [0.25, 0.3) is 0 Å². The van der Waals surface area contributed by atoms with Crippen molar-refractivity contribution in [2.45, 2.75) is 20.5 Å². The van der Waals surface area contributed by atoms with Gasteiger partial charge in [-0.2, -0.15) is 0 Å². The summed E-state index contributed by atoms with van der Waals surface area (Å²) in [6, 6.07) is 24.4. The van der Waals surface area contributed by atoms with Gasteiger partial charge in [-0.3, -0.25) is 0 Å². The second kappa shape index (κ2) is 8.95. The van der Waals surface area contributed by atoms with Gasteiger partial charge in [-0.1, -0.05) is 54.6 Å². The number of anilines is 1. The molecule has 1 N–H and O–H groups in total. The predicted molar refractivity (Wildman–Crippen MR) is 107 cm³/mol. The molecule has 0 unspecified atom stereocenters. The van der Waals surface area contributed by atoms with Crippen LogP contribution in [0.15, 0.2) is 72.8 Å². The van der Waals surface area contributed by atoms with Crippen molar-refractivity contribution in [3.05, 3.63) is 89.5 Å². The van der Waals surface area contributed by atoms with Crippen LogP contribution in [0.1, 0.15) is 16.7 Å². The molecule has 3 rings (SSSR count). The molecule has 26 heavy (non-hydrogen) atoms. The van der Waals surface area contributed by atoms with Crippen LogP contribution in [0.3, 0.4) is 0 Å². The highest BCUT2D eigenvalue weighted by atomic mass is 16.5. The smallest absolute Gasteiger partial charge is 0.142 e. The molecule has 0 bridgehead atoms. The highest BCUT2D eigenvalue weighted by Crippen LogP contribution is 2.25. The third-order valence-electron chi connectivity index (χ3n) is 4.14. The Labute approximate surface area is 155 Å². The zero-order valence-electron chi connectivity index (χ0n) is 15.4. The molecule has 3 heteroatoms. The molecule has 3 aromatic carbocycles. The summed E-state index contributed by atoms with van der Waals surface area (Å²) in [5.74, 6) is 1.79. The Hall–Kier alpha value is -2.94. The van der Waals surface area contributed by atoms with Gasteiger partial charge in [0.25, 0.3) is 0 Å². The first kappa shape index (κ1) is 17.9. The summed E-state index contributed by atoms with van der Waals surface area (Å²) in [5.41, 5.74) is 4.49. The average molecular weight is 347 g/mol. The van der Waals surface area contributed by atoms with Crippen molar-refractivity contribution in [2.75, 3.05) is 18.5 Å². The van der Waals surface area contributed by atoms with Crippen LogP contribution in [0, 0.1) is 13.8 Å². The molecule has 0 radical (unpaired) electrons. The number of rotatable bonds is 8. The van der Waals surface area contributed by atoms with Crippen LogP contribution in [-0.4, -0.2) is 13.2 Å². The fourth-order valence-corrected chi connectivity index (χ4v) is 2.68. The molecule has 3 aromatic rings. The summed E-state index contributed by atoms with van der Waals surface area (Å²) in [6.07, 6.45) is 0. The molecule has 0 aromatic heterocycles. The number of nitrogens with one attached hydrogen (secondary N) is 1. The molecule has 0 atom stereocenters. The molecule has 0 aliphatic carbocycles. The number of aryl methyl sites for hydroxylation is 2. The van der Waals surface area contributed by atoms with Crippen molar-refractivity contribution in [1.82, 2.24) is 0 Å². The Morgan fingerprint density at radius 1 is 0.769 bits per heavy atom. The van der Waals surface area contributed by atoms with E-state index in [1.807, 2.05) is 42.5 Å². The van der Waals surface area contributed by atoms with Gasteiger partial charge in [0.05, 0.1) is 5.69 Å². The first-order chi connectivity index (χ1) is 12.7. The minimum absolute atomic E-state index is 0.554. The summed E-state index contributed by atoms with van der Waals surface area (Å²) < 4.78 is 11.9. The molecule has 3 nitrogen and oxygen atoms in total. The minimum atomic E-state index is 0.554. The van der Waals surface area contributed by atoms with Gasteiger partial charge in [-0.05, 0) is 48.7 Å². The molecule has 0 aliphatic heterocycles. The number of ether oxygens (including phenoxy) is 2. The topological polar surface area (TPSA) is 30.5 Å². The molecule has 134 valence electrons. The fourth-order valence-electron chi connectivity index (χ4n) is 2.68. The normalized spacial score (nSPS) is 10.4. The van der Waals surface area contributed by atoms with Gasteiger partial charge in [0, 0.05) is 6.54 Å². The zero-order valence-corrected chi connectivity index (χ0v) is 15.4. The highest BCUT2D eigenvalue weighted by molar-refractivity contribution is 5.56. The van der Waals surface area contributed by atoms with E-state index in [-0.39, 0.29) is 0 Å². The second-order valence-electron chi connectivity index (χ2n) is 6.31. The first-order valence-corrected chi connectivity index (χ1v) is 8.92. The van der Waals surface area contributed by atoms with E-state index >= 15 is 0 Å². The van der Waals surface area contributed by atoms with Gasteiger partial charge in [0.1, 0.15) is 24.7 Å². The van der Waals surface area contributed by atoms with E-state index in [0.717, 1.165) is 28.3 Å². The maximum atomic E-state index is 5.97. The number of benzene rings is 3. The van der Waals surface area contributed by atoms with Gasteiger partial charge >= 0.3 is 0 Å². The SMILES string of the molecule is Cc1ccc(C)c(OCCNc2ccccc2OCc2ccccc2)c1. The molecular weight excluding hydrogens is 322 g/mol. The summed E-state index contributed by atoms with van der Waals surface area (Å²) in [7, 11) is 0. The Morgan fingerprint density at radius 3 is 2.38 bits per heavy atom. The van der Waals surface area contributed by atoms with Crippen LogP contribution in [-0.2, 0) is 6.61 Å². The second-order valence-corrected chi connectivity index (χ2v) is 6.31. The third kappa shape index (κ3) is 5.03. The van der Waals surface area contributed by atoms with Gasteiger partial charge < -0.3 is 14.8 Å². The predicted octanol–water partition coefficient (Wildman–Crippen LogP) is 5.37. The van der Waals surface area contributed by atoms with Crippen molar-refractivity contribution >= 4 is 5.69 Å². The monoisotopic (exact) mass is 347 g/mol. The summed E-state index contributed by atoms with van der Waals surface area (Å²) >= 11 is 0. The quantitative estimate of drug-likeness (QED) is 0.555. The molecule has 0 spiro atoms. The Balaban J connectivity index is 1.52. The van der Waals surface area contributed by atoms with Crippen LogP contribution >= 0.6 is 0 Å². The summed E-state index contributed by atoms with van der Waals surface area (Å²) in [5, 5.41) is 3.40. The van der Waals surface area contributed by atoms with Crippen molar-refractivity contribution < 1.29 is 9.47 Å². The van der Waals surface area contributed by atoms with Crippen molar-refractivity contribution in [2.24, 2.45) is 0 Å². The lowest BCUT2D eigenvalue weighted by Gasteiger charge is -2.14. The van der Waals surface area contributed by atoms with Gasteiger partial charge in [0.15, 0.2) is 0 Å². The van der Waals surface area contributed by atoms with E-state index in [0.29, 0.717) is 19.8 Å². The average Bonchev–Trinajstić information content (AvgIpc) is 2.67. The third-order valence-corrected chi connectivity index (χ3v) is 4.14. The number of para-hydroxylation sites is 2. The van der Waals surface area contributed by atoms with Crippen LogP contribution < -0.4 is 14.8 Å². The van der Waals surface area contributed by atoms with E-state index in [9.17, 15) is 0 Å². The standard InChI is InChI=1S/C23H25NO2/c1-18-12-13-19(2)23(16-18)25-15-14-24-21-10-6-7-11-22(21)26-17-20-8-4-3-5-9-20/h3-13,16,24H,14-15,17H2,1-2H3. The van der Waals surface area contributed by atoms with Gasteiger partial charge in [-0.15, -0.1) is 0 Å². The highest BCUT2D eigenvalue weighted by Gasteiger charge is 2.04. The lowest BCUT2D eigenvalue weighted by molar-refractivity contribution is 0.306. The lowest BCUT2D eigenvalue weighted by atomic mass is 10.1. The zero-order chi connectivity index (χ0) is 18.2. The Morgan fingerprint density at radius 2 is 1.54 bits per heavy atom. The van der Waals surface area contributed by atoms with E-state index in [1.165, 1.54) is 5.56 Å².